The lowest BCUT2D eigenvalue weighted by Gasteiger charge is -1.96. The molecule has 2 rings (SSSR count). The molecule has 0 bridgehead atoms. The summed E-state index contributed by atoms with van der Waals surface area (Å²) in [5.41, 5.74) is 1.31. The molecule has 0 unspecified atom stereocenters. The van der Waals surface area contributed by atoms with Gasteiger partial charge in [0, 0.05) is 9.17 Å². The minimum atomic E-state index is 1.20. The summed E-state index contributed by atoms with van der Waals surface area (Å²) in [6.07, 6.45) is 0. The predicted molar refractivity (Wildman–Crippen MR) is 54.3 cm³/mol. The molecule has 0 aliphatic carbocycles. The summed E-state index contributed by atoms with van der Waals surface area (Å²) in [4.78, 5) is 0. The quantitative estimate of drug-likeness (QED) is 0.638. The Kier molecular flexibility index (Phi) is 1.74. The zero-order valence-corrected chi connectivity index (χ0v) is 8.50. The molecule has 0 N–H and O–H groups in total. The second-order valence-electron chi connectivity index (χ2n) is 2.56. The fourth-order valence-electron chi connectivity index (χ4n) is 1.08. The second kappa shape index (κ2) is 2.61. The molecular weight excluding hydrogens is 220 g/mol. The van der Waals surface area contributed by atoms with Crippen molar-refractivity contribution in [1.82, 2.24) is 0 Å². The Bertz CT molecular complexity index is 353. The molecule has 11 heavy (non-hydrogen) atoms. The van der Waals surface area contributed by atoms with Crippen LogP contribution in [0.2, 0.25) is 0 Å². The zero-order valence-electron chi connectivity index (χ0n) is 6.10. The van der Waals surface area contributed by atoms with Gasteiger partial charge in [0.15, 0.2) is 0 Å². The van der Waals surface area contributed by atoms with Gasteiger partial charge in [-0.3, -0.25) is 0 Å². The standard InChI is InChI=1S/C9H7BrS/c1-6-4-9-7(2-3-11-9)5-8(6)10/h2-5H,1H3. The summed E-state index contributed by atoms with van der Waals surface area (Å²) in [5.74, 6) is 0. The van der Waals surface area contributed by atoms with E-state index in [4.69, 9.17) is 0 Å². The third-order valence-corrected chi connectivity index (χ3v) is 3.47. The van der Waals surface area contributed by atoms with Crippen molar-refractivity contribution in [2.45, 2.75) is 6.92 Å². The molecule has 0 nitrogen and oxygen atoms in total. The summed E-state index contributed by atoms with van der Waals surface area (Å²) in [5, 5.41) is 3.45. The smallest absolute Gasteiger partial charge is 0.0346 e. The van der Waals surface area contributed by atoms with Crippen molar-refractivity contribution in [3.05, 3.63) is 33.6 Å². The SMILES string of the molecule is Cc1cc2sccc2cc1Br. The van der Waals surface area contributed by atoms with Gasteiger partial charge < -0.3 is 0 Å². The molecule has 0 atom stereocenters. The maximum absolute atomic E-state index is 3.51. The third kappa shape index (κ3) is 1.21. The van der Waals surface area contributed by atoms with E-state index in [0.717, 1.165) is 0 Å². The van der Waals surface area contributed by atoms with E-state index >= 15 is 0 Å². The molecular formula is C9H7BrS. The highest BCUT2D eigenvalue weighted by Crippen LogP contribution is 2.27. The van der Waals surface area contributed by atoms with Crippen LogP contribution in [0, 0.1) is 6.92 Å². The number of hydrogen-bond acceptors (Lipinski definition) is 1. The van der Waals surface area contributed by atoms with Gasteiger partial charge in [0.05, 0.1) is 0 Å². The van der Waals surface area contributed by atoms with Crippen LogP contribution in [0.5, 0.6) is 0 Å². The van der Waals surface area contributed by atoms with Crippen molar-refractivity contribution in [1.29, 1.82) is 0 Å². The van der Waals surface area contributed by atoms with Crippen LogP contribution in [-0.4, -0.2) is 0 Å². The first kappa shape index (κ1) is 7.32. The average Bonchev–Trinajstić information content (AvgIpc) is 2.36. The lowest BCUT2D eigenvalue weighted by Crippen LogP contribution is -1.72. The maximum Gasteiger partial charge on any atom is 0.0346 e. The van der Waals surface area contributed by atoms with Crippen molar-refractivity contribution in [3.8, 4) is 0 Å². The van der Waals surface area contributed by atoms with Crippen LogP contribution >= 0.6 is 27.3 Å². The first-order valence-corrected chi connectivity index (χ1v) is 5.08. The molecule has 0 amide bonds. The average molecular weight is 227 g/mol. The summed E-state index contributed by atoms with van der Waals surface area (Å²) < 4.78 is 2.56. The molecule has 0 aliphatic heterocycles. The van der Waals surface area contributed by atoms with Crippen molar-refractivity contribution >= 4 is 37.4 Å². The monoisotopic (exact) mass is 226 g/mol. The lowest BCUT2D eigenvalue weighted by atomic mass is 10.2. The molecule has 0 saturated heterocycles. The Hall–Kier alpha value is -0.340. The molecule has 0 aliphatic rings. The lowest BCUT2D eigenvalue weighted by molar-refractivity contribution is 1.47. The van der Waals surface area contributed by atoms with E-state index in [-0.39, 0.29) is 0 Å². The Labute approximate surface area is 78.0 Å². The molecule has 0 fully saturated rings. The number of aryl methyl sites for hydroxylation is 1. The van der Waals surface area contributed by atoms with Gasteiger partial charge in [0.25, 0.3) is 0 Å². The minimum absolute atomic E-state index is 1.20. The largest absolute Gasteiger partial charge is 0.144 e. The highest BCUT2D eigenvalue weighted by atomic mass is 79.9. The highest BCUT2D eigenvalue weighted by molar-refractivity contribution is 9.10. The van der Waals surface area contributed by atoms with Crippen LogP contribution in [0.25, 0.3) is 10.1 Å². The van der Waals surface area contributed by atoms with Crippen LogP contribution in [0.3, 0.4) is 0 Å². The zero-order chi connectivity index (χ0) is 7.84. The summed E-state index contributed by atoms with van der Waals surface area (Å²) >= 11 is 5.29. The van der Waals surface area contributed by atoms with E-state index in [1.54, 1.807) is 11.3 Å². The van der Waals surface area contributed by atoms with Crippen molar-refractivity contribution < 1.29 is 0 Å². The van der Waals surface area contributed by atoms with Gasteiger partial charge in [-0.15, -0.1) is 11.3 Å². The molecule has 1 aromatic heterocycles. The van der Waals surface area contributed by atoms with Crippen LogP contribution < -0.4 is 0 Å². The van der Waals surface area contributed by atoms with E-state index in [9.17, 15) is 0 Å². The Morgan fingerprint density at radius 3 is 3.00 bits per heavy atom. The molecule has 1 heterocycles. The van der Waals surface area contributed by atoms with Gasteiger partial charge in [-0.1, -0.05) is 15.9 Å². The van der Waals surface area contributed by atoms with E-state index in [2.05, 4.69) is 46.4 Å². The Balaban J connectivity index is 2.86. The van der Waals surface area contributed by atoms with E-state index < -0.39 is 0 Å². The molecule has 1 aromatic carbocycles. The molecule has 2 aromatic rings. The topological polar surface area (TPSA) is 0 Å². The summed E-state index contributed by atoms with van der Waals surface area (Å²) in [7, 11) is 0. The summed E-state index contributed by atoms with van der Waals surface area (Å²) in [6, 6.07) is 6.52. The number of rotatable bonds is 0. The summed E-state index contributed by atoms with van der Waals surface area (Å²) in [6.45, 7) is 2.11. The molecule has 0 saturated carbocycles. The van der Waals surface area contributed by atoms with Crippen molar-refractivity contribution in [3.63, 3.8) is 0 Å². The maximum atomic E-state index is 3.51. The number of hydrogen-bond donors (Lipinski definition) is 0. The molecule has 0 spiro atoms. The van der Waals surface area contributed by atoms with Gasteiger partial charge in [-0.25, -0.2) is 0 Å². The van der Waals surface area contributed by atoms with Crippen LogP contribution in [-0.2, 0) is 0 Å². The van der Waals surface area contributed by atoms with Crippen molar-refractivity contribution in [2.75, 3.05) is 0 Å². The first-order valence-electron chi connectivity index (χ1n) is 3.41. The molecule has 0 radical (unpaired) electrons. The van der Waals surface area contributed by atoms with Gasteiger partial charge in [-0.05, 0) is 41.5 Å². The molecule has 56 valence electrons. The van der Waals surface area contributed by atoms with Crippen LogP contribution in [0.1, 0.15) is 5.56 Å². The Morgan fingerprint density at radius 1 is 1.36 bits per heavy atom. The number of thiophene rings is 1. The fourth-order valence-corrected chi connectivity index (χ4v) is 2.31. The van der Waals surface area contributed by atoms with Crippen molar-refractivity contribution in [2.24, 2.45) is 0 Å². The number of benzene rings is 1. The fraction of sp³-hybridized carbons (Fsp3) is 0.111. The van der Waals surface area contributed by atoms with Gasteiger partial charge in [-0.2, -0.15) is 0 Å². The van der Waals surface area contributed by atoms with Gasteiger partial charge >= 0.3 is 0 Å². The first-order chi connectivity index (χ1) is 5.27. The predicted octanol–water partition coefficient (Wildman–Crippen LogP) is 3.97. The van der Waals surface area contributed by atoms with Crippen LogP contribution in [0.4, 0.5) is 0 Å². The highest BCUT2D eigenvalue weighted by Gasteiger charge is 1.98. The number of halogens is 1. The normalized spacial score (nSPS) is 10.7. The number of fused-ring (bicyclic) bond motifs is 1. The van der Waals surface area contributed by atoms with E-state index in [1.165, 1.54) is 20.1 Å². The van der Waals surface area contributed by atoms with Gasteiger partial charge in [0.1, 0.15) is 0 Å². The third-order valence-electron chi connectivity index (χ3n) is 1.73. The van der Waals surface area contributed by atoms with Gasteiger partial charge in [0.2, 0.25) is 0 Å². The molecule has 2 heteroatoms. The minimum Gasteiger partial charge on any atom is -0.144 e. The van der Waals surface area contributed by atoms with E-state index in [1.807, 2.05) is 0 Å². The van der Waals surface area contributed by atoms with Crippen LogP contribution in [0.15, 0.2) is 28.1 Å². The Morgan fingerprint density at radius 2 is 2.18 bits per heavy atom. The second-order valence-corrected chi connectivity index (χ2v) is 4.36. The van der Waals surface area contributed by atoms with E-state index in [0.29, 0.717) is 0 Å².